The van der Waals surface area contributed by atoms with E-state index in [0.29, 0.717) is 5.69 Å². The third-order valence-corrected chi connectivity index (χ3v) is 4.92. The van der Waals surface area contributed by atoms with Crippen LogP contribution in [-0.2, 0) is 0 Å². The highest BCUT2D eigenvalue weighted by Crippen LogP contribution is 2.25. The SMILES string of the molecule is Cc1ccc(-c2cc(C(=O)Nc3ccc(Br)cc3)nn2-c2ccccc2)cc1. The van der Waals surface area contributed by atoms with Crippen molar-refractivity contribution >= 4 is 27.5 Å². The molecule has 0 aliphatic carbocycles. The molecule has 0 bridgehead atoms. The third-order valence-electron chi connectivity index (χ3n) is 4.39. The highest BCUT2D eigenvalue weighted by atomic mass is 79.9. The quantitative estimate of drug-likeness (QED) is 0.439. The van der Waals surface area contributed by atoms with Crippen molar-refractivity contribution in [2.45, 2.75) is 6.92 Å². The van der Waals surface area contributed by atoms with Gasteiger partial charge < -0.3 is 5.32 Å². The number of aryl methyl sites for hydroxylation is 1. The van der Waals surface area contributed by atoms with Gasteiger partial charge in [0.25, 0.3) is 5.91 Å². The summed E-state index contributed by atoms with van der Waals surface area (Å²) in [7, 11) is 0. The van der Waals surface area contributed by atoms with E-state index in [9.17, 15) is 4.79 Å². The zero-order valence-electron chi connectivity index (χ0n) is 15.3. The molecule has 0 aliphatic heterocycles. The van der Waals surface area contributed by atoms with E-state index < -0.39 is 0 Å². The molecule has 5 heteroatoms. The molecule has 0 saturated carbocycles. The molecule has 4 aromatic rings. The average molecular weight is 432 g/mol. The average Bonchev–Trinajstić information content (AvgIpc) is 3.16. The standard InChI is InChI=1S/C23H18BrN3O/c1-16-7-9-17(10-8-16)22-15-21(26-27(22)20-5-3-2-4-6-20)23(28)25-19-13-11-18(24)12-14-19/h2-15H,1H3,(H,25,28). The van der Waals surface area contributed by atoms with Crippen molar-refractivity contribution in [1.29, 1.82) is 0 Å². The lowest BCUT2D eigenvalue weighted by Gasteiger charge is -2.07. The summed E-state index contributed by atoms with van der Waals surface area (Å²) in [4.78, 5) is 12.8. The molecular weight excluding hydrogens is 414 g/mol. The Morgan fingerprint density at radius 1 is 0.929 bits per heavy atom. The number of nitrogens with zero attached hydrogens (tertiary/aromatic N) is 2. The van der Waals surface area contributed by atoms with E-state index in [1.54, 1.807) is 4.68 Å². The lowest BCUT2D eigenvalue weighted by Crippen LogP contribution is -2.13. The van der Waals surface area contributed by atoms with Crippen LogP contribution in [-0.4, -0.2) is 15.7 Å². The molecule has 1 N–H and O–H groups in total. The summed E-state index contributed by atoms with van der Waals surface area (Å²) in [5.74, 6) is -0.245. The van der Waals surface area contributed by atoms with Gasteiger partial charge in [-0.05, 0) is 49.4 Å². The van der Waals surface area contributed by atoms with E-state index in [1.807, 2.05) is 72.8 Å². The number of rotatable bonds is 4. The Kier molecular flexibility index (Phi) is 5.08. The molecule has 0 unspecified atom stereocenters. The van der Waals surface area contributed by atoms with Gasteiger partial charge in [0.15, 0.2) is 5.69 Å². The smallest absolute Gasteiger partial charge is 0.276 e. The first-order valence-electron chi connectivity index (χ1n) is 8.89. The summed E-state index contributed by atoms with van der Waals surface area (Å²) in [6, 6.07) is 27.3. The van der Waals surface area contributed by atoms with Crippen LogP contribution < -0.4 is 5.32 Å². The number of anilines is 1. The highest BCUT2D eigenvalue weighted by Gasteiger charge is 2.17. The van der Waals surface area contributed by atoms with Crippen molar-refractivity contribution in [3.8, 4) is 16.9 Å². The van der Waals surface area contributed by atoms with Gasteiger partial charge in [0, 0.05) is 15.7 Å². The largest absolute Gasteiger partial charge is 0.321 e. The fourth-order valence-corrected chi connectivity index (χ4v) is 3.18. The van der Waals surface area contributed by atoms with Gasteiger partial charge in [-0.3, -0.25) is 4.79 Å². The van der Waals surface area contributed by atoms with Crippen LogP contribution in [0.2, 0.25) is 0 Å². The molecule has 28 heavy (non-hydrogen) atoms. The van der Waals surface area contributed by atoms with Gasteiger partial charge >= 0.3 is 0 Å². The van der Waals surface area contributed by atoms with Gasteiger partial charge in [-0.15, -0.1) is 0 Å². The van der Waals surface area contributed by atoms with E-state index in [0.717, 1.165) is 27.1 Å². The minimum absolute atomic E-state index is 0.245. The van der Waals surface area contributed by atoms with Crippen molar-refractivity contribution < 1.29 is 4.79 Å². The van der Waals surface area contributed by atoms with Crippen LogP contribution in [0, 0.1) is 6.92 Å². The third kappa shape index (κ3) is 3.89. The number of hydrogen-bond donors (Lipinski definition) is 1. The number of para-hydroxylation sites is 1. The van der Waals surface area contributed by atoms with Crippen molar-refractivity contribution in [3.05, 3.63) is 101 Å². The minimum atomic E-state index is -0.245. The van der Waals surface area contributed by atoms with E-state index >= 15 is 0 Å². The van der Waals surface area contributed by atoms with Crippen LogP contribution in [0.3, 0.4) is 0 Å². The molecule has 4 rings (SSSR count). The molecule has 3 aromatic carbocycles. The second-order valence-corrected chi connectivity index (χ2v) is 7.40. The Labute approximate surface area is 172 Å². The fraction of sp³-hybridized carbons (Fsp3) is 0.0435. The monoisotopic (exact) mass is 431 g/mol. The van der Waals surface area contributed by atoms with Gasteiger partial charge in [-0.2, -0.15) is 5.10 Å². The first kappa shape index (κ1) is 18.2. The molecule has 0 atom stereocenters. The van der Waals surface area contributed by atoms with Crippen LogP contribution in [0.1, 0.15) is 16.1 Å². The predicted octanol–water partition coefficient (Wildman–Crippen LogP) is 5.86. The number of benzene rings is 3. The molecule has 1 heterocycles. The van der Waals surface area contributed by atoms with Gasteiger partial charge in [0.2, 0.25) is 0 Å². The summed E-state index contributed by atoms with van der Waals surface area (Å²) < 4.78 is 2.77. The second-order valence-electron chi connectivity index (χ2n) is 6.49. The molecule has 0 fully saturated rings. The van der Waals surface area contributed by atoms with Crippen LogP contribution in [0.25, 0.3) is 16.9 Å². The van der Waals surface area contributed by atoms with E-state index in [4.69, 9.17) is 0 Å². The zero-order chi connectivity index (χ0) is 19.5. The predicted molar refractivity (Wildman–Crippen MR) is 116 cm³/mol. The first-order valence-corrected chi connectivity index (χ1v) is 9.69. The molecule has 0 aliphatic rings. The number of halogens is 1. The Morgan fingerprint density at radius 3 is 2.29 bits per heavy atom. The molecule has 0 radical (unpaired) electrons. The molecular formula is C23H18BrN3O. The van der Waals surface area contributed by atoms with E-state index in [2.05, 4.69) is 45.4 Å². The minimum Gasteiger partial charge on any atom is -0.321 e. The Hall–Kier alpha value is -3.18. The first-order chi connectivity index (χ1) is 13.6. The van der Waals surface area contributed by atoms with Gasteiger partial charge in [0.05, 0.1) is 11.4 Å². The van der Waals surface area contributed by atoms with Crippen molar-refractivity contribution in [2.75, 3.05) is 5.32 Å². The van der Waals surface area contributed by atoms with Crippen LogP contribution in [0.4, 0.5) is 5.69 Å². The summed E-state index contributed by atoms with van der Waals surface area (Å²) in [5, 5.41) is 7.49. The van der Waals surface area contributed by atoms with Crippen molar-refractivity contribution in [3.63, 3.8) is 0 Å². The normalized spacial score (nSPS) is 10.6. The Morgan fingerprint density at radius 2 is 1.61 bits per heavy atom. The van der Waals surface area contributed by atoms with Crippen molar-refractivity contribution in [1.82, 2.24) is 9.78 Å². The van der Waals surface area contributed by atoms with Gasteiger partial charge in [-0.1, -0.05) is 64.0 Å². The summed E-state index contributed by atoms with van der Waals surface area (Å²) >= 11 is 3.40. The number of aromatic nitrogens is 2. The molecule has 0 saturated heterocycles. The molecule has 4 nitrogen and oxygen atoms in total. The van der Waals surface area contributed by atoms with E-state index in [1.165, 1.54) is 5.56 Å². The zero-order valence-corrected chi connectivity index (χ0v) is 16.8. The molecule has 0 spiro atoms. The molecule has 138 valence electrons. The van der Waals surface area contributed by atoms with Crippen LogP contribution in [0.15, 0.2) is 89.4 Å². The second kappa shape index (κ2) is 7.82. The Balaban J connectivity index is 1.73. The van der Waals surface area contributed by atoms with Gasteiger partial charge in [0.1, 0.15) is 0 Å². The summed E-state index contributed by atoms with van der Waals surface area (Å²) in [5.41, 5.74) is 5.04. The van der Waals surface area contributed by atoms with Crippen molar-refractivity contribution in [2.24, 2.45) is 0 Å². The van der Waals surface area contributed by atoms with Crippen LogP contribution >= 0.6 is 15.9 Å². The summed E-state index contributed by atoms with van der Waals surface area (Å²) in [6.45, 7) is 2.05. The number of carbonyl (C=O) groups excluding carboxylic acids is 1. The van der Waals surface area contributed by atoms with Crippen LogP contribution in [0.5, 0.6) is 0 Å². The maximum atomic E-state index is 12.8. The maximum Gasteiger partial charge on any atom is 0.276 e. The topological polar surface area (TPSA) is 46.9 Å². The maximum absolute atomic E-state index is 12.8. The number of nitrogens with one attached hydrogen (secondary N) is 1. The lowest BCUT2D eigenvalue weighted by molar-refractivity contribution is 0.102. The summed E-state index contributed by atoms with van der Waals surface area (Å²) in [6.07, 6.45) is 0. The fourth-order valence-electron chi connectivity index (χ4n) is 2.92. The Bertz CT molecular complexity index is 1100. The van der Waals surface area contributed by atoms with E-state index in [-0.39, 0.29) is 5.91 Å². The van der Waals surface area contributed by atoms with Gasteiger partial charge in [-0.25, -0.2) is 4.68 Å². The molecule has 1 aromatic heterocycles. The number of hydrogen-bond acceptors (Lipinski definition) is 2. The number of amides is 1. The number of carbonyl (C=O) groups is 1. The highest BCUT2D eigenvalue weighted by molar-refractivity contribution is 9.10. The lowest BCUT2D eigenvalue weighted by atomic mass is 10.1. The molecule has 1 amide bonds.